The van der Waals surface area contributed by atoms with E-state index in [1.807, 2.05) is 13.8 Å². The molecule has 1 rings (SSSR count). The van der Waals surface area contributed by atoms with Crippen LogP contribution in [-0.4, -0.2) is 38.9 Å². The molecule has 0 aliphatic heterocycles. The zero-order valence-corrected chi connectivity index (χ0v) is 14.4. The molecule has 124 valence electrons. The van der Waals surface area contributed by atoms with Crippen LogP contribution in [0.2, 0.25) is 0 Å². The van der Waals surface area contributed by atoms with Gasteiger partial charge in [-0.05, 0) is 38.5 Å². The van der Waals surface area contributed by atoms with Crippen molar-refractivity contribution in [3.63, 3.8) is 0 Å². The molecule has 0 bridgehead atoms. The first kappa shape index (κ1) is 18.6. The molecule has 1 N–H and O–H groups in total. The van der Waals surface area contributed by atoms with Gasteiger partial charge in [0.2, 0.25) is 10.0 Å². The molecular weight excluding hydrogens is 300 g/mol. The van der Waals surface area contributed by atoms with Crippen molar-refractivity contribution < 1.29 is 13.2 Å². The summed E-state index contributed by atoms with van der Waals surface area (Å²) in [7, 11) is -3.56. The molecule has 0 saturated carbocycles. The molecule has 0 unspecified atom stereocenters. The van der Waals surface area contributed by atoms with Gasteiger partial charge in [0, 0.05) is 25.2 Å². The molecule has 0 spiro atoms. The highest BCUT2D eigenvalue weighted by atomic mass is 32.2. The first-order chi connectivity index (χ1) is 10.5. The summed E-state index contributed by atoms with van der Waals surface area (Å²) in [5.74, 6) is -0.145. The Morgan fingerprint density at radius 2 is 1.82 bits per heavy atom. The Labute approximate surface area is 133 Å². The summed E-state index contributed by atoms with van der Waals surface area (Å²) < 4.78 is 27.1. The summed E-state index contributed by atoms with van der Waals surface area (Å²) in [5, 5.41) is 0. The van der Waals surface area contributed by atoms with E-state index in [1.165, 1.54) is 12.1 Å². The Morgan fingerprint density at radius 1 is 1.14 bits per heavy atom. The first-order valence-electron chi connectivity index (χ1n) is 7.85. The molecule has 6 heteroatoms. The lowest BCUT2D eigenvalue weighted by atomic mass is 10.2. The second-order valence-electron chi connectivity index (χ2n) is 5.11. The van der Waals surface area contributed by atoms with Gasteiger partial charge in [-0.15, -0.1) is 0 Å². The Bertz CT molecular complexity index is 581. The molecular formula is C16H26N2O3S. The van der Waals surface area contributed by atoms with Gasteiger partial charge < -0.3 is 4.90 Å². The molecule has 1 amide bonds. The molecule has 5 nitrogen and oxygen atoms in total. The fourth-order valence-electron chi connectivity index (χ4n) is 2.15. The topological polar surface area (TPSA) is 66.5 Å². The van der Waals surface area contributed by atoms with Gasteiger partial charge in [0.1, 0.15) is 0 Å². The number of amides is 1. The van der Waals surface area contributed by atoms with Gasteiger partial charge in [-0.2, -0.15) is 0 Å². The minimum Gasteiger partial charge on any atom is -0.339 e. The van der Waals surface area contributed by atoms with Crippen LogP contribution in [0.25, 0.3) is 0 Å². The van der Waals surface area contributed by atoms with Crippen molar-refractivity contribution in [3.8, 4) is 0 Å². The van der Waals surface area contributed by atoms with Crippen molar-refractivity contribution in [1.82, 2.24) is 9.62 Å². The number of carbonyl (C=O) groups is 1. The number of hydrogen-bond donors (Lipinski definition) is 1. The lowest BCUT2D eigenvalue weighted by molar-refractivity contribution is 0.0772. The molecule has 0 saturated heterocycles. The van der Waals surface area contributed by atoms with Gasteiger partial charge in [0.25, 0.3) is 5.91 Å². The molecule has 0 heterocycles. The number of carbonyl (C=O) groups excluding carboxylic acids is 1. The molecule has 0 radical (unpaired) electrons. The van der Waals surface area contributed by atoms with Crippen LogP contribution in [0, 0.1) is 0 Å². The highest BCUT2D eigenvalue weighted by Crippen LogP contribution is 2.13. The van der Waals surface area contributed by atoms with E-state index in [-0.39, 0.29) is 10.8 Å². The SMILES string of the molecule is CCCCCNS(=O)(=O)c1cccc(C(=O)N(CC)CC)c1. The summed E-state index contributed by atoms with van der Waals surface area (Å²) >= 11 is 0. The van der Waals surface area contributed by atoms with E-state index in [0.29, 0.717) is 25.2 Å². The highest BCUT2D eigenvalue weighted by molar-refractivity contribution is 7.89. The lowest BCUT2D eigenvalue weighted by Crippen LogP contribution is -2.31. The first-order valence-corrected chi connectivity index (χ1v) is 9.33. The molecule has 1 aromatic carbocycles. The van der Waals surface area contributed by atoms with E-state index in [1.54, 1.807) is 17.0 Å². The van der Waals surface area contributed by atoms with Gasteiger partial charge in [0.05, 0.1) is 4.90 Å². The molecule has 22 heavy (non-hydrogen) atoms. The predicted octanol–water partition coefficient (Wildman–Crippen LogP) is 2.64. The Balaban J connectivity index is 2.89. The largest absolute Gasteiger partial charge is 0.339 e. The third-order valence-corrected chi connectivity index (χ3v) is 4.97. The molecule has 0 aliphatic rings. The quantitative estimate of drug-likeness (QED) is 0.709. The third kappa shape index (κ3) is 5.10. The van der Waals surface area contributed by atoms with Gasteiger partial charge in [-0.3, -0.25) is 4.79 Å². The van der Waals surface area contributed by atoms with Crippen molar-refractivity contribution in [3.05, 3.63) is 29.8 Å². The number of unbranched alkanes of at least 4 members (excludes halogenated alkanes) is 2. The highest BCUT2D eigenvalue weighted by Gasteiger charge is 2.17. The van der Waals surface area contributed by atoms with E-state index >= 15 is 0 Å². The van der Waals surface area contributed by atoms with Crippen LogP contribution in [0.3, 0.4) is 0 Å². The second kappa shape index (κ2) is 8.90. The van der Waals surface area contributed by atoms with Crippen molar-refractivity contribution in [2.45, 2.75) is 44.9 Å². The fourth-order valence-corrected chi connectivity index (χ4v) is 3.27. The van der Waals surface area contributed by atoms with Crippen molar-refractivity contribution >= 4 is 15.9 Å². The standard InChI is InChI=1S/C16H26N2O3S/c1-4-7-8-12-17-22(20,21)15-11-9-10-14(13-15)16(19)18(5-2)6-3/h9-11,13,17H,4-8,12H2,1-3H3. The third-order valence-electron chi connectivity index (χ3n) is 3.51. The molecule has 0 atom stereocenters. The lowest BCUT2D eigenvalue weighted by Gasteiger charge is -2.19. The molecule has 0 aliphatic carbocycles. The number of rotatable bonds is 9. The average molecular weight is 326 g/mol. The number of hydrogen-bond acceptors (Lipinski definition) is 3. The predicted molar refractivity (Wildman–Crippen MR) is 88.4 cm³/mol. The van der Waals surface area contributed by atoms with Gasteiger partial charge in [-0.25, -0.2) is 13.1 Å². The fraction of sp³-hybridized carbons (Fsp3) is 0.562. The summed E-state index contributed by atoms with van der Waals surface area (Å²) in [6.07, 6.45) is 2.84. The van der Waals surface area contributed by atoms with Gasteiger partial charge >= 0.3 is 0 Å². The number of sulfonamides is 1. The maximum absolute atomic E-state index is 12.3. The number of nitrogens with one attached hydrogen (secondary N) is 1. The van der Waals surface area contributed by atoms with E-state index in [0.717, 1.165) is 19.3 Å². The summed E-state index contributed by atoms with van der Waals surface area (Å²) in [6, 6.07) is 6.22. The van der Waals surface area contributed by atoms with Crippen LogP contribution in [-0.2, 0) is 10.0 Å². The second-order valence-corrected chi connectivity index (χ2v) is 6.88. The van der Waals surface area contributed by atoms with Gasteiger partial charge in [-0.1, -0.05) is 25.8 Å². The van der Waals surface area contributed by atoms with Crippen LogP contribution >= 0.6 is 0 Å². The average Bonchev–Trinajstić information content (AvgIpc) is 2.53. The summed E-state index contributed by atoms with van der Waals surface area (Å²) in [4.78, 5) is 14.1. The zero-order chi connectivity index (χ0) is 16.6. The summed E-state index contributed by atoms with van der Waals surface area (Å²) in [6.45, 7) is 7.49. The van der Waals surface area contributed by atoms with Crippen LogP contribution in [0.1, 0.15) is 50.4 Å². The molecule has 0 aromatic heterocycles. The van der Waals surface area contributed by atoms with Crippen LogP contribution in [0.5, 0.6) is 0 Å². The molecule has 1 aromatic rings. The van der Waals surface area contributed by atoms with Crippen molar-refractivity contribution in [2.24, 2.45) is 0 Å². The normalized spacial score (nSPS) is 11.4. The zero-order valence-electron chi connectivity index (χ0n) is 13.6. The maximum Gasteiger partial charge on any atom is 0.253 e. The number of benzene rings is 1. The maximum atomic E-state index is 12.3. The Hall–Kier alpha value is -1.40. The minimum atomic E-state index is -3.56. The van der Waals surface area contributed by atoms with E-state index in [4.69, 9.17) is 0 Å². The minimum absolute atomic E-state index is 0.141. The van der Waals surface area contributed by atoms with Crippen molar-refractivity contribution in [1.29, 1.82) is 0 Å². The van der Waals surface area contributed by atoms with Crippen LogP contribution in [0.15, 0.2) is 29.2 Å². The smallest absolute Gasteiger partial charge is 0.253 e. The Morgan fingerprint density at radius 3 is 2.41 bits per heavy atom. The number of nitrogens with zero attached hydrogens (tertiary/aromatic N) is 1. The van der Waals surface area contributed by atoms with E-state index < -0.39 is 10.0 Å². The van der Waals surface area contributed by atoms with Crippen LogP contribution in [0.4, 0.5) is 0 Å². The summed E-state index contributed by atoms with van der Waals surface area (Å²) in [5.41, 5.74) is 0.403. The van der Waals surface area contributed by atoms with Gasteiger partial charge in [0.15, 0.2) is 0 Å². The van der Waals surface area contributed by atoms with Crippen LogP contribution < -0.4 is 4.72 Å². The monoisotopic (exact) mass is 326 g/mol. The molecule has 0 fully saturated rings. The van der Waals surface area contributed by atoms with E-state index in [2.05, 4.69) is 11.6 Å². The Kier molecular flexibility index (Phi) is 7.55. The van der Waals surface area contributed by atoms with Crippen molar-refractivity contribution in [2.75, 3.05) is 19.6 Å². The van der Waals surface area contributed by atoms with E-state index in [9.17, 15) is 13.2 Å².